The molecule has 0 aliphatic rings. The maximum atomic E-state index is 12.2. The van der Waals surface area contributed by atoms with Gasteiger partial charge in [0.1, 0.15) is 0 Å². The lowest BCUT2D eigenvalue weighted by molar-refractivity contribution is -0.387. The largest absolute Gasteiger partial charge is 0.452 e. The molecule has 0 radical (unpaired) electrons. The molecule has 1 N–H and O–H groups in total. The molecule has 0 fully saturated rings. The topological polar surface area (TPSA) is 98.5 Å². The van der Waals surface area contributed by atoms with Crippen LogP contribution in [0.1, 0.15) is 36.2 Å². The summed E-state index contributed by atoms with van der Waals surface area (Å²) in [6.45, 7) is 5.29. The van der Waals surface area contributed by atoms with E-state index in [0.717, 1.165) is 16.9 Å². The molecule has 0 aliphatic carbocycles. The highest BCUT2D eigenvalue weighted by Crippen LogP contribution is 2.35. The number of aryl methyl sites for hydroxylation is 1. The van der Waals surface area contributed by atoms with Crippen molar-refractivity contribution < 1.29 is 19.2 Å². The van der Waals surface area contributed by atoms with Crippen molar-refractivity contribution in [3.8, 4) is 0 Å². The molecule has 8 heteroatoms. The summed E-state index contributed by atoms with van der Waals surface area (Å²) >= 11 is 1.24. The van der Waals surface area contributed by atoms with Crippen LogP contribution in [0.3, 0.4) is 0 Å². The Hall–Kier alpha value is -2.87. The Balaban J connectivity index is 2.10. The Morgan fingerprint density at radius 3 is 2.50 bits per heavy atom. The molecule has 1 atom stereocenters. The molecule has 0 spiro atoms. The van der Waals surface area contributed by atoms with Crippen molar-refractivity contribution in [2.24, 2.45) is 0 Å². The molecule has 2 rings (SSSR count). The number of esters is 1. The Labute approximate surface area is 167 Å². The van der Waals surface area contributed by atoms with E-state index in [4.69, 9.17) is 4.74 Å². The Kier molecular flexibility index (Phi) is 7.57. The van der Waals surface area contributed by atoms with Crippen LogP contribution in [0, 0.1) is 17.0 Å². The van der Waals surface area contributed by atoms with Crippen molar-refractivity contribution >= 4 is 29.3 Å². The van der Waals surface area contributed by atoms with Crippen molar-refractivity contribution in [1.82, 2.24) is 5.32 Å². The maximum Gasteiger partial charge on any atom is 0.338 e. The molecule has 2 aromatic carbocycles. The molecule has 148 valence electrons. The molecule has 0 saturated heterocycles. The molecule has 0 aliphatic heterocycles. The van der Waals surface area contributed by atoms with Gasteiger partial charge in [-0.25, -0.2) is 4.79 Å². The summed E-state index contributed by atoms with van der Waals surface area (Å²) in [7, 11) is 0. The molecule has 0 bridgehead atoms. The fourth-order valence-electron chi connectivity index (χ4n) is 2.24. The lowest BCUT2D eigenvalue weighted by Gasteiger charge is -2.11. The number of nitro benzene ring substituents is 1. The predicted molar refractivity (Wildman–Crippen MR) is 107 cm³/mol. The molecule has 0 heterocycles. The number of hydrogen-bond acceptors (Lipinski definition) is 6. The highest BCUT2D eigenvalue weighted by Gasteiger charge is 2.20. The third-order valence-electron chi connectivity index (χ3n) is 3.99. The first-order valence-corrected chi connectivity index (χ1v) is 9.61. The van der Waals surface area contributed by atoms with Gasteiger partial charge in [-0.3, -0.25) is 14.9 Å². The molecule has 0 unspecified atom stereocenters. The monoisotopic (exact) mass is 402 g/mol. The van der Waals surface area contributed by atoms with Crippen molar-refractivity contribution in [3.05, 3.63) is 63.7 Å². The average molecular weight is 402 g/mol. The van der Waals surface area contributed by atoms with E-state index in [9.17, 15) is 19.7 Å². The number of hydrogen-bond donors (Lipinski definition) is 1. The van der Waals surface area contributed by atoms with E-state index in [2.05, 4.69) is 5.32 Å². The minimum absolute atomic E-state index is 0.0228. The van der Waals surface area contributed by atoms with Crippen LogP contribution in [-0.4, -0.2) is 29.4 Å². The third-order valence-corrected chi connectivity index (χ3v) is 5.07. The maximum absolute atomic E-state index is 12.2. The average Bonchev–Trinajstić information content (AvgIpc) is 2.67. The number of benzene rings is 2. The Morgan fingerprint density at radius 2 is 1.89 bits per heavy atom. The van der Waals surface area contributed by atoms with E-state index in [1.54, 1.807) is 0 Å². The second-order valence-corrected chi connectivity index (χ2v) is 7.42. The van der Waals surface area contributed by atoms with E-state index >= 15 is 0 Å². The highest BCUT2D eigenvalue weighted by atomic mass is 32.2. The Bertz CT molecular complexity index is 867. The second-order valence-electron chi connectivity index (χ2n) is 6.31. The lowest BCUT2D eigenvalue weighted by atomic mass is 10.2. The fraction of sp³-hybridized carbons (Fsp3) is 0.300. The van der Waals surface area contributed by atoms with Gasteiger partial charge in [0.25, 0.3) is 11.6 Å². The molecule has 2 aromatic rings. The van der Waals surface area contributed by atoms with Gasteiger partial charge in [-0.2, -0.15) is 0 Å². The Morgan fingerprint density at radius 1 is 1.21 bits per heavy atom. The van der Waals surface area contributed by atoms with Gasteiger partial charge in [-0.1, -0.05) is 36.4 Å². The van der Waals surface area contributed by atoms with Crippen LogP contribution in [0.5, 0.6) is 0 Å². The first-order valence-electron chi connectivity index (χ1n) is 8.79. The lowest BCUT2D eigenvalue weighted by Crippen LogP contribution is -2.35. The normalized spacial score (nSPS) is 11.5. The number of nitrogens with one attached hydrogen (secondary N) is 1. The van der Waals surface area contributed by atoms with Gasteiger partial charge < -0.3 is 10.1 Å². The van der Waals surface area contributed by atoms with Crippen LogP contribution in [0.15, 0.2) is 52.3 Å². The molecule has 7 nitrogen and oxygen atoms in total. The quantitative estimate of drug-likeness (QED) is 0.405. The second kappa shape index (κ2) is 9.89. The summed E-state index contributed by atoms with van der Waals surface area (Å²) in [5, 5.41) is 14.1. The molecular formula is C20H22N2O5S. The van der Waals surface area contributed by atoms with Crippen LogP contribution in [0.4, 0.5) is 5.69 Å². The van der Waals surface area contributed by atoms with Gasteiger partial charge in [0.15, 0.2) is 6.61 Å². The van der Waals surface area contributed by atoms with Crippen LogP contribution in [0.25, 0.3) is 0 Å². The van der Waals surface area contributed by atoms with Crippen molar-refractivity contribution in [3.63, 3.8) is 0 Å². The minimum atomic E-state index is -0.783. The van der Waals surface area contributed by atoms with Crippen LogP contribution < -0.4 is 5.32 Å². The zero-order valence-electron chi connectivity index (χ0n) is 15.9. The van der Waals surface area contributed by atoms with Crippen LogP contribution in [-0.2, 0) is 9.53 Å². The van der Waals surface area contributed by atoms with Gasteiger partial charge in [0.2, 0.25) is 0 Å². The fourth-order valence-corrected chi connectivity index (χ4v) is 3.14. The van der Waals surface area contributed by atoms with Crippen molar-refractivity contribution in [2.75, 3.05) is 6.61 Å². The molecule has 28 heavy (non-hydrogen) atoms. The van der Waals surface area contributed by atoms with E-state index in [-0.39, 0.29) is 17.3 Å². The third kappa shape index (κ3) is 6.09. The molecular weight excluding hydrogens is 380 g/mol. The van der Waals surface area contributed by atoms with Gasteiger partial charge in [-0.05, 0) is 44.5 Å². The van der Waals surface area contributed by atoms with E-state index < -0.39 is 23.4 Å². The van der Waals surface area contributed by atoms with Crippen molar-refractivity contribution in [1.29, 1.82) is 0 Å². The zero-order chi connectivity index (χ0) is 20.7. The van der Waals surface area contributed by atoms with Gasteiger partial charge in [-0.15, -0.1) is 0 Å². The number of nitrogens with zero attached hydrogens (tertiary/aromatic N) is 1. The summed E-state index contributed by atoms with van der Waals surface area (Å²) in [6, 6.07) is 11.7. The summed E-state index contributed by atoms with van der Waals surface area (Å²) in [5.74, 6) is -1.20. The number of amides is 1. The summed E-state index contributed by atoms with van der Waals surface area (Å²) in [5.41, 5.74) is 0.926. The molecule has 0 saturated carbocycles. The van der Waals surface area contributed by atoms with Crippen LogP contribution >= 0.6 is 11.8 Å². The standard InChI is InChI=1S/C20H22N2O5S/c1-4-14(3)21-19(23)12-27-20(24)15-7-10-18(17(11-15)22(25)26)28-16-8-5-13(2)6-9-16/h5-11,14H,4,12H2,1-3H3,(H,21,23)/t14-/m0/s1. The van der Waals surface area contributed by atoms with Crippen LogP contribution in [0.2, 0.25) is 0 Å². The first-order chi connectivity index (χ1) is 13.3. The predicted octanol–water partition coefficient (Wildman–Crippen LogP) is 4.13. The summed E-state index contributed by atoms with van der Waals surface area (Å²) in [6.07, 6.45) is 0.756. The van der Waals surface area contributed by atoms with Crippen molar-refractivity contribution in [2.45, 2.75) is 43.0 Å². The number of carbonyl (C=O) groups is 2. The highest BCUT2D eigenvalue weighted by molar-refractivity contribution is 7.99. The smallest absolute Gasteiger partial charge is 0.338 e. The zero-order valence-corrected chi connectivity index (χ0v) is 16.7. The number of nitro groups is 1. The number of ether oxygens (including phenoxy) is 1. The summed E-state index contributed by atoms with van der Waals surface area (Å²) < 4.78 is 4.96. The van der Waals surface area contributed by atoms with Gasteiger partial charge >= 0.3 is 5.97 Å². The first kappa shape index (κ1) is 21.4. The van der Waals surface area contributed by atoms with E-state index in [0.29, 0.717) is 4.90 Å². The van der Waals surface area contributed by atoms with Gasteiger partial charge in [0.05, 0.1) is 15.4 Å². The van der Waals surface area contributed by atoms with E-state index in [1.807, 2.05) is 45.0 Å². The molecule has 0 aromatic heterocycles. The van der Waals surface area contributed by atoms with E-state index in [1.165, 1.54) is 30.0 Å². The molecule has 1 amide bonds. The number of rotatable bonds is 8. The summed E-state index contributed by atoms with van der Waals surface area (Å²) in [4.78, 5) is 36.0. The van der Waals surface area contributed by atoms with Gasteiger partial charge in [0, 0.05) is 17.0 Å². The SMILES string of the molecule is CC[C@H](C)NC(=O)COC(=O)c1ccc(Sc2ccc(C)cc2)c([N+](=O)[O-])c1. The number of carbonyl (C=O) groups excluding carboxylic acids is 2. The minimum Gasteiger partial charge on any atom is -0.452 e.